The van der Waals surface area contributed by atoms with Crippen LogP contribution < -0.4 is 5.32 Å². The van der Waals surface area contributed by atoms with Gasteiger partial charge in [-0.15, -0.1) is 10.2 Å². The van der Waals surface area contributed by atoms with Crippen LogP contribution in [-0.2, 0) is 16.1 Å². The number of carbonyl (C=O) groups is 2. The van der Waals surface area contributed by atoms with E-state index in [9.17, 15) is 9.59 Å². The lowest BCUT2D eigenvalue weighted by Gasteiger charge is -2.31. The molecule has 1 fully saturated rings. The first-order valence-corrected chi connectivity index (χ1v) is 6.64. The number of likely N-dealkylation sites (tertiary alicyclic amines) is 1. The lowest BCUT2D eigenvalue weighted by molar-refractivity contribution is -0.132. The van der Waals surface area contributed by atoms with Crippen molar-refractivity contribution in [3.05, 3.63) is 11.8 Å². The number of aromatic nitrogens is 2. The predicted molar refractivity (Wildman–Crippen MR) is 70.5 cm³/mol. The summed E-state index contributed by atoms with van der Waals surface area (Å²) in [5.41, 5.74) is -0.254. The summed E-state index contributed by atoms with van der Waals surface area (Å²) < 4.78 is 5.18. The van der Waals surface area contributed by atoms with Gasteiger partial charge in [0, 0.05) is 25.4 Å². The van der Waals surface area contributed by atoms with E-state index in [-0.39, 0.29) is 36.2 Å². The van der Waals surface area contributed by atoms with Gasteiger partial charge in [-0.05, 0) is 20.8 Å². The molecule has 1 atom stereocenters. The van der Waals surface area contributed by atoms with Gasteiger partial charge in [-0.1, -0.05) is 0 Å². The predicted octanol–water partition coefficient (Wildman–Crippen LogP) is 0.641. The van der Waals surface area contributed by atoms with Crippen molar-refractivity contribution in [3.8, 4) is 0 Å². The molecule has 110 valence electrons. The number of rotatable bonds is 3. The fourth-order valence-corrected chi connectivity index (χ4v) is 2.25. The Hall–Kier alpha value is -1.92. The molecule has 7 nitrogen and oxygen atoms in total. The first-order chi connectivity index (χ1) is 9.27. The molecule has 1 saturated heterocycles. The molecule has 1 N–H and O–H groups in total. The number of amides is 2. The second-order valence-electron chi connectivity index (χ2n) is 6.01. The van der Waals surface area contributed by atoms with Gasteiger partial charge in [0.1, 0.15) is 0 Å². The van der Waals surface area contributed by atoms with Crippen molar-refractivity contribution in [2.24, 2.45) is 5.92 Å². The van der Waals surface area contributed by atoms with E-state index in [0.717, 1.165) is 0 Å². The summed E-state index contributed by atoms with van der Waals surface area (Å²) in [6.07, 6.45) is 0.256. The third-order valence-corrected chi connectivity index (χ3v) is 3.29. The molecule has 0 radical (unpaired) electrons. The zero-order valence-electron chi connectivity index (χ0n) is 12.3. The maximum absolute atomic E-state index is 12.1. The lowest BCUT2D eigenvalue weighted by Crippen LogP contribution is -2.43. The molecule has 0 spiro atoms. The molecule has 2 amide bonds. The molecule has 7 heteroatoms. The zero-order valence-corrected chi connectivity index (χ0v) is 12.3. The average molecular weight is 280 g/mol. The van der Waals surface area contributed by atoms with Gasteiger partial charge in [-0.2, -0.15) is 0 Å². The Balaban J connectivity index is 1.89. The van der Waals surface area contributed by atoms with Crippen LogP contribution in [0.1, 0.15) is 39.0 Å². The number of hydrogen-bond acceptors (Lipinski definition) is 5. The molecule has 1 aliphatic heterocycles. The van der Waals surface area contributed by atoms with Crippen molar-refractivity contribution in [1.82, 2.24) is 20.4 Å². The van der Waals surface area contributed by atoms with Gasteiger partial charge in [0.15, 0.2) is 0 Å². The van der Waals surface area contributed by atoms with Crippen molar-refractivity contribution in [2.45, 2.75) is 46.2 Å². The number of nitrogens with one attached hydrogen (secondary N) is 1. The van der Waals surface area contributed by atoms with E-state index in [1.807, 2.05) is 20.8 Å². The largest absolute Gasteiger partial charge is 0.424 e. The Morgan fingerprint density at radius 3 is 2.65 bits per heavy atom. The Morgan fingerprint density at radius 2 is 2.15 bits per heavy atom. The molecule has 0 aromatic carbocycles. The molecule has 0 bridgehead atoms. The van der Waals surface area contributed by atoms with Crippen LogP contribution in [0.3, 0.4) is 0 Å². The summed E-state index contributed by atoms with van der Waals surface area (Å²) in [4.78, 5) is 25.7. The minimum Gasteiger partial charge on any atom is -0.424 e. The molecule has 1 unspecified atom stereocenters. The molecule has 0 aliphatic carbocycles. The van der Waals surface area contributed by atoms with Crippen molar-refractivity contribution in [3.63, 3.8) is 0 Å². The normalized spacial score (nSPS) is 19.5. The average Bonchev–Trinajstić information content (AvgIpc) is 2.91. The van der Waals surface area contributed by atoms with Crippen molar-refractivity contribution in [2.75, 3.05) is 6.54 Å². The minimum absolute atomic E-state index is 0.0197. The highest BCUT2D eigenvalue weighted by atomic mass is 16.4. The smallest absolute Gasteiger partial charge is 0.235 e. The SMILES string of the molecule is Cc1nnc(CNC(=O)C2CC(=O)N(C(C)(C)C)C2)o1. The van der Waals surface area contributed by atoms with E-state index in [4.69, 9.17) is 4.42 Å². The summed E-state index contributed by atoms with van der Waals surface area (Å²) in [5.74, 6) is 0.384. The molecule has 1 aromatic rings. The molecular formula is C13H20N4O3. The molecule has 2 heterocycles. The first-order valence-electron chi connectivity index (χ1n) is 6.64. The van der Waals surface area contributed by atoms with Gasteiger partial charge in [0.05, 0.1) is 12.5 Å². The van der Waals surface area contributed by atoms with Gasteiger partial charge in [-0.3, -0.25) is 9.59 Å². The minimum atomic E-state index is -0.314. The Morgan fingerprint density at radius 1 is 1.45 bits per heavy atom. The van der Waals surface area contributed by atoms with Crippen LogP contribution in [0.15, 0.2) is 4.42 Å². The highest BCUT2D eigenvalue weighted by Crippen LogP contribution is 2.25. The number of nitrogens with zero attached hydrogens (tertiary/aromatic N) is 3. The van der Waals surface area contributed by atoms with Crippen LogP contribution in [0, 0.1) is 12.8 Å². The van der Waals surface area contributed by atoms with Crippen molar-refractivity contribution in [1.29, 1.82) is 0 Å². The van der Waals surface area contributed by atoms with Crippen LogP contribution in [0.4, 0.5) is 0 Å². The van der Waals surface area contributed by atoms with Gasteiger partial charge < -0.3 is 14.6 Å². The maximum atomic E-state index is 12.1. The van der Waals surface area contributed by atoms with Crippen LogP contribution in [0.2, 0.25) is 0 Å². The summed E-state index contributed by atoms with van der Waals surface area (Å²) in [7, 11) is 0. The van der Waals surface area contributed by atoms with E-state index in [1.165, 1.54) is 0 Å². The quantitative estimate of drug-likeness (QED) is 0.877. The zero-order chi connectivity index (χ0) is 14.9. The molecule has 0 saturated carbocycles. The van der Waals surface area contributed by atoms with Crippen molar-refractivity contribution < 1.29 is 14.0 Å². The molecule has 1 aromatic heterocycles. The maximum Gasteiger partial charge on any atom is 0.235 e. The number of carbonyl (C=O) groups excluding carboxylic acids is 2. The first kappa shape index (κ1) is 14.5. The fourth-order valence-electron chi connectivity index (χ4n) is 2.25. The Labute approximate surface area is 117 Å². The molecule has 2 rings (SSSR count). The molecule has 1 aliphatic rings. The summed E-state index contributed by atoms with van der Waals surface area (Å²) in [6.45, 7) is 8.23. The van der Waals surface area contributed by atoms with Gasteiger partial charge in [-0.25, -0.2) is 0 Å². The van der Waals surface area contributed by atoms with Gasteiger partial charge in [0.25, 0.3) is 0 Å². The van der Waals surface area contributed by atoms with Crippen LogP contribution in [0.5, 0.6) is 0 Å². The van der Waals surface area contributed by atoms with E-state index in [1.54, 1.807) is 11.8 Å². The Kier molecular flexibility index (Phi) is 3.78. The fraction of sp³-hybridized carbons (Fsp3) is 0.692. The summed E-state index contributed by atoms with van der Waals surface area (Å²) >= 11 is 0. The van der Waals surface area contributed by atoms with E-state index < -0.39 is 0 Å². The van der Waals surface area contributed by atoms with Crippen molar-refractivity contribution >= 4 is 11.8 Å². The highest BCUT2D eigenvalue weighted by Gasteiger charge is 2.39. The van der Waals surface area contributed by atoms with Crippen LogP contribution in [0.25, 0.3) is 0 Å². The second kappa shape index (κ2) is 5.22. The third kappa shape index (κ3) is 3.15. The lowest BCUT2D eigenvalue weighted by atomic mass is 10.1. The highest BCUT2D eigenvalue weighted by molar-refractivity contribution is 5.89. The van der Waals surface area contributed by atoms with E-state index in [2.05, 4.69) is 15.5 Å². The van der Waals surface area contributed by atoms with E-state index in [0.29, 0.717) is 18.3 Å². The molecular weight excluding hydrogens is 260 g/mol. The number of hydrogen-bond donors (Lipinski definition) is 1. The number of aryl methyl sites for hydroxylation is 1. The molecule has 20 heavy (non-hydrogen) atoms. The van der Waals surface area contributed by atoms with Crippen LogP contribution in [-0.4, -0.2) is 39.0 Å². The van der Waals surface area contributed by atoms with Gasteiger partial charge >= 0.3 is 0 Å². The standard InChI is InChI=1S/C13H20N4O3/c1-8-15-16-10(20-8)6-14-12(19)9-5-11(18)17(7-9)13(2,3)4/h9H,5-7H2,1-4H3,(H,14,19). The Bertz CT molecular complexity index is 518. The van der Waals surface area contributed by atoms with E-state index >= 15 is 0 Å². The summed E-state index contributed by atoms with van der Waals surface area (Å²) in [5, 5.41) is 10.2. The van der Waals surface area contributed by atoms with Gasteiger partial charge in [0.2, 0.25) is 23.6 Å². The topological polar surface area (TPSA) is 88.3 Å². The summed E-state index contributed by atoms with van der Waals surface area (Å²) in [6, 6.07) is 0. The second-order valence-corrected chi connectivity index (χ2v) is 6.01. The monoisotopic (exact) mass is 280 g/mol. The van der Waals surface area contributed by atoms with Crippen LogP contribution >= 0.6 is 0 Å². The third-order valence-electron chi connectivity index (χ3n) is 3.29.